The Morgan fingerprint density at radius 1 is 0.870 bits per heavy atom. The second-order valence-corrected chi connectivity index (χ2v) is 5.18. The van der Waals surface area contributed by atoms with Crippen LogP contribution in [0.25, 0.3) is 0 Å². The molecule has 0 radical (unpaired) electrons. The van der Waals surface area contributed by atoms with E-state index in [1.807, 2.05) is 0 Å². The fraction of sp³-hybridized carbons (Fsp3) is 0.222. The molecule has 0 aromatic heterocycles. The zero-order valence-electron chi connectivity index (χ0n) is 12.8. The average molecular weight is 311 g/mol. The van der Waals surface area contributed by atoms with Crippen molar-refractivity contribution in [3.63, 3.8) is 0 Å². The smallest absolute Gasteiger partial charge is 0.266 e. The van der Waals surface area contributed by atoms with Gasteiger partial charge in [-0.1, -0.05) is 12.1 Å². The summed E-state index contributed by atoms with van der Waals surface area (Å²) in [5.74, 6) is 0.111. The summed E-state index contributed by atoms with van der Waals surface area (Å²) < 4.78 is 10.5. The number of anilines is 1. The van der Waals surface area contributed by atoms with Crippen LogP contribution in [0, 0.1) is 0 Å². The Balaban J connectivity index is 1.73. The van der Waals surface area contributed by atoms with E-state index in [0.717, 1.165) is 6.42 Å². The molecule has 0 saturated carbocycles. The van der Waals surface area contributed by atoms with Crippen molar-refractivity contribution in [3.8, 4) is 5.75 Å². The lowest BCUT2D eigenvalue weighted by atomic mass is 10.1. The first-order valence-corrected chi connectivity index (χ1v) is 7.42. The maximum atomic E-state index is 12.4. The van der Waals surface area contributed by atoms with E-state index in [-0.39, 0.29) is 11.8 Å². The second kappa shape index (κ2) is 6.62. The SMILES string of the molecule is COCCCOc1ccc(N2C(=O)c3ccccc3C2=O)cc1. The van der Waals surface area contributed by atoms with E-state index < -0.39 is 0 Å². The van der Waals surface area contributed by atoms with Gasteiger partial charge in [-0.3, -0.25) is 9.59 Å². The van der Waals surface area contributed by atoms with Crippen LogP contribution in [-0.4, -0.2) is 32.1 Å². The standard InChI is InChI=1S/C18H17NO4/c1-22-11-4-12-23-14-9-7-13(8-10-14)19-17(20)15-5-2-3-6-16(15)18(19)21/h2-3,5-10H,4,11-12H2,1H3. The molecule has 5 heteroatoms. The van der Waals surface area contributed by atoms with Crippen molar-refractivity contribution in [2.75, 3.05) is 25.2 Å². The van der Waals surface area contributed by atoms with E-state index in [1.165, 1.54) is 4.90 Å². The molecular weight excluding hydrogens is 294 g/mol. The number of benzene rings is 2. The summed E-state index contributed by atoms with van der Waals surface area (Å²) in [5, 5.41) is 0. The van der Waals surface area contributed by atoms with Gasteiger partial charge in [0.2, 0.25) is 0 Å². The largest absolute Gasteiger partial charge is 0.494 e. The van der Waals surface area contributed by atoms with Gasteiger partial charge in [0.1, 0.15) is 5.75 Å². The van der Waals surface area contributed by atoms with Crippen LogP contribution in [0.1, 0.15) is 27.1 Å². The van der Waals surface area contributed by atoms with Crippen LogP contribution in [0.4, 0.5) is 5.69 Å². The highest BCUT2D eigenvalue weighted by atomic mass is 16.5. The number of hydrogen-bond donors (Lipinski definition) is 0. The van der Waals surface area contributed by atoms with E-state index >= 15 is 0 Å². The molecular formula is C18H17NO4. The summed E-state index contributed by atoms with van der Waals surface area (Å²) in [6.07, 6.45) is 0.802. The molecule has 0 N–H and O–H groups in total. The van der Waals surface area contributed by atoms with Crippen LogP contribution in [0.5, 0.6) is 5.75 Å². The van der Waals surface area contributed by atoms with Crippen LogP contribution in [0.3, 0.4) is 0 Å². The highest BCUT2D eigenvalue weighted by molar-refractivity contribution is 6.34. The van der Waals surface area contributed by atoms with Crippen LogP contribution >= 0.6 is 0 Å². The number of carbonyl (C=O) groups excluding carboxylic acids is 2. The Labute approximate surface area is 134 Å². The average Bonchev–Trinajstić information content (AvgIpc) is 2.84. The molecule has 0 saturated heterocycles. The van der Waals surface area contributed by atoms with Gasteiger partial charge in [-0.2, -0.15) is 0 Å². The minimum Gasteiger partial charge on any atom is -0.494 e. The molecule has 0 spiro atoms. The normalized spacial score (nSPS) is 13.3. The van der Waals surface area contributed by atoms with Crippen molar-refractivity contribution in [1.82, 2.24) is 0 Å². The Kier molecular flexibility index (Phi) is 4.39. The van der Waals surface area contributed by atoms with E-state index in [9.17, 15) is 9.59 Å². The van der Waals surface area contributed by atoms with Crippen LogP contribution in [-0.2, 0) is 4.74 Å². The lowest BCUT2D eigenvalue weighted by Crippen LogP contribution is -2.29. The highest BCUT2D eigenvalue weighted by Crippen LogP contribution is 2.29. The number of carbonyl (C=O) groups is 2. The third-order valence-electron chi connectivity index (χ3n) is 3.65. The van der Waals surface area contributed by atoms with Gasteiger partial charge in [0.25, 0.3) is 11.8 Å². The molecule has 2 aromatic carbocycles. The molecule has 23 heavy (non-hydrogen) atoms. The zero-order valence-corrected chi connectivity index (χ0v) is 12.8. The molecule has 1 heterocycles. The number of rotatable bonds is 6. The fourth-order valence-corrected chi connectivity index (χ4v) is 2.51. The van der Waals surface area contributed by atoms with Crippen molar-refractivity contribution in [2.45, 2.75) is 6.42 Å². The molecule has 0 fully saturated rings. The summed E-state index contributed by atoms with van der Waals surface area (Å²) in [5.41, 5.74) is 1.43. The predicted octanol–water partition coefficient (Wildman–Crippen LogP) is 2.90. The van der Waals surface area contributed by atoms with E-state index in [2.05, 4.69) is 0 Å². The molecule has 0 unspecified atom stereocenters. The van der Waals surface area contributed by atoms with Gasteiger partial charge in [0, 0.05) is 20.1 Å². The lowest BCUT2D eigenvalue weighted by Gasteiger charge is -2.14. The first-order chi connectivity index (χ1) is 11.2. The molecule has 0 atom stereocenters. The second-order valence-electron chi connectivity index (χ2n) is 5.18. The predicted molar refractivity (Wildman–Crippen MR) is 86.0 cm³/mol. The van der Waals surface area contributed by atoms with Crippen LogP contribution in [0.15, 0.2) is 48.5 Å². The van der Waals surface area contributed by atoms with Crippen molar-refractivity contribution >= 4 is 17.5 Å². The van der Waals surface area contributed by atoms with Crippen molar-refractivity contribution < 1.29 is 19.1 Å². The summed E-state index contributed by atoms with van der Waals surface area (Å²) in [6, 6.07) is 13.8. The highest BCUT2D eigenvalue weighted by Gasteiger charge is 2.36. The molecule has 0 bridgehead atoms. The number of amides is 2. The molecule has 0 aliphatic carbocycles. The lowest BCUT2D eigenvalue weighted by molar-refractivity contribution is 0.0926. The van der Waals surface area contributed by atoms with Gasteiger partial charge in [-0.25, -0.2) is 4.90 Å². The van der Waals surface area contributed by atoms with Crippen molar-refractivity contribution in [3.05, 3.63) is 59.7 Å². The zero-order chi connectivity index (χ0) is 16.2. The Hall–Kier alpha value is -2.66. The molecule has 2 amide bonds. The molecule has 3 rings (SSSR count). The Bertz CT molecular complexity index is 689. The number of hydrogen-bond acceptors (Lipinski definition) is 4. The van der Waals surface area contributed by atoms with Crippen LogP contribution in [0.2, 0.25) is 0 Å². The Morgan fingerprint density at radius 3 is 2.04 bits per heavy atom. The number of fused-ring (bicyclic) bond motifs is 1. The third kappa shape index (κ3) is 2.96. The minimum atomic E-state index is -0.292. The Morgan fingerprint density at radius 2 is 1.48 bits per heavy atom. The number of methoxy groups -OCH3 is 1. The third-order valence-corrected chi connectivity index (χ3v) is 3.65. The summed E-state index contributed by atoms with van der Waals surface area (Å²) in [6.45, 7) is 1.20. The number of imide groups is 1. The molecule has 5 nitrogen and oxygen atoms in total. The van der Waals surface area contributed by atoms with Crippen molar-refractivity contribution in [2.24, 2.45) is 0 Å². The quantitative estimate of drug-likeness (QED) is 0.608. The molecule has 1 aliphatic heterocycles. The number of nitrogens with zero attached hydrogens (tertiary/aromatic N) is 1. The summed E-state index contributed by atoms with van der Waals surface area (Å²) in [7, 11) is 1.65. The van der Waals surface area contributed by atoms with Gasteiger partial charge in [0.05, 0.1) is 23.4 Å². The van der Waals surface area contributed by atoms with Gasteiger partial charge >= 0.3 is 0 Å². The summed E-state index contributed by atoms with van der Waals surface area (Å²) >= 11 is 0. The maximum Gasteiger partial charge on any atom is 0.266 e. The molecule has 2 aromatic rings. The van der Waals surface area contributed by atoms with Crippen LogP contribution < -0.4 is 9.64 Å². The molecule has 118 valence electrons. The van der Waals surface area contributed by atoms with Crippen molar-refractivity contribution in [1.29, 1.82) is 0 Å². The van der Waals surface area contributed by atoms with Gasteiger partial charge in [-0.05, 0) is 36.4 Å². The van der Waals surface area contributed by atoms with Gasteiger partial charge in [-0.15, -0.1) is 0 Å². The van der Waals surface area contributed by atoms with E-state index in [4.69, 9.17) is 9.47 Å². The number of ether oxygens (including phenoxy) is 2. The fourth-order valence-electron chi connectivity index (χ4n) is 2.51. The monoisotopic (exact) mass is 311 g/mol. The molecule has 1 aliphatic rings. The summed E-state index contributed by atoms with van der Waals surface area (Å²) in [4.78, 5) is 26.0. The van der Waals surface area contributed by atoms with Gasteiger partial charge in [0.15, 0.2) is 0 Å². The first kappa shape index (κ1) is 15.2. The first-order valence-electron chi connectivity index (χ1n) is 7.42. The van der Waals surface area contributed by atoms with E-state index in [1.54, 1.807) is 55.6 Å². The van der Waals surface area contributed by atoms with Gasteiger partial charge < -0.3 is 9.47 Å². The maximum absolute atomic E-state index is 12.4. The van der Waals surface area contributed by atoms with E-state index in [0.29, 0.717) is 35.8 Å². The topological polar surface area (TPSA) is 55.8 Å². The minimum absolute atomic E-state index is 0.292.